The van der Waals surface area contributed by atoms with Crippen molar-refractivity contribution in [1.29, 1.82) is 0 Å². The smallest absolute Gasteiger partial charge is 0.257 e. The average molecular weight is 463 g/mol. The molecule has 1 aromatic heterocycles. The number of methoxy groups -OCH3 is 1. The van der Waals surface area contributed by atoms with Gasteiger partial charge in [-0.1, -0.05) is 24.3 Å². The first-order valence-corrected chi connectivity index (χ1v) is 11.6. The summed E-state index contributed by atoms with van der Waals surface area (Å²) in [6.45, 7) is 2.51. The molecule has 0 aliphatic carbocycles. The minimum atomic E-state index is -0.527. The van der Waals surface area contributed by atoms with Crippen LogP contribution >= 0.6 is 0 Å². The van der Waals surface area contributed by atoms with Gasteiger partial charge in [-0.2, -0.15) is 4.98 Å². The molecule has 5 rings (SSSR count). The van der Waals surface area contributed by atoms with Crippen LogP contribution in [0.2, 0.25) is 0 Å². The molecule has 8 heteroatoms. The topological polar surface area (TPSA) is 67.8 Å². The number of rotatable bonds is 5. The number of ether oxygens (including phenoxy) is 2. The van der Waals surface area contributed by atoms with Crippen molar-refractivity contribution in [3.63, 3.8) is 0 Å². The Kier molecular flexibility index (Phi) is 6.29. The number of hydrogen-bond donors (Lipinski definition) is 0. The van der Waals surface area contributed by atoms with Crippen LogP contribution in [0.5, 0.6) is 17.4 Å². The minimum Gasteiger partial charge on any atom is -0.493 e. The lowest BCUT2D eigenvalue weighted by Crippen LogP contribution is -2.38. The molecule has 2 aliphatic rings. The Morgan fingerprint density at radius 3 is 2.44 bits per heavy atom. The van der Waals surface area contributed by atoms with Crippen molar-refractivity contribution in [3.8, 4) is 17.4 Å². The molecule has 0 radical (unpaired) electrons. The van der Waals surface area contributed by atoms with Gasteiger partial charge in [0.15, 0.2) is 11.5 Å². The van der Waals surface area contributed by atoms with E-state index in [0.717, 1.165) is 37.2 Å². The quantitative estimate of drug-likeness (QED) is 0.552. The van der Waals surface area contributed by atoms with Crippen LogP contribution in [0.25, 0.3) is 0 Å². The van der Waals surface area contributed by atoms with E-state index in [9.17, 15) is 9.18 Å². The van der Waals surface area contributed by atoms with Gasteiger partial charge in [0.25, 0.3) is 5.91 Å². The highest BCUT2D eigenvalue weighted by atomic mass is 19.1. The Bertz CT molecular complexity index is 1200. The van der Waals surface area contributed by atoms with E-state index in [4.69, 9.17) is 19.4 Å². The normalized spacial score (nSPS) is 15.6. The summed E-state index contributed by atoms with van der Waals surface area (Å²) in [5, 5.41) is 0. The van der Waals surface area contributed by atoms with Crippen LogP contribution in [0.3, 0.4) is 0 Å². The third-order valence-electron chi connectivity index (χ3n) is 6.32. The molecule has 1 fully saturated rings. The van der Waals surface area contributed by atoms with Crippen molar-refractivity contribution < 1.29 is 18.7 Å². The molecule has 2 aliphatic heterocycles. The van der Waals surface area contributed by atoms with Gasteiger partial charge in [-0.25, -0.2) is 9.37 Å². The van der Waals surface area contributed by atoms with Gasteiger partial charge in [0.2, 0.25) is 11.8 Å². The third kappa shape index (κ3) is 4.40. The number of carbonyl (C=O) groups is 1. The fourth-order valence-corrected chi connectivity index (χ4v) is 4.48. The van der Waals surface area contributed by atoms with Crippen LogP contribution in [-0.2, 0) is 13.0 Å². The molecule has 7 nitrogen and oxygen atoms in total. The molecule has 176 valence electrons. The molecular weight excluding hydrogens is 435 g/mol. The van der Waals surface area contributed by atoms with Gasteiger partial charge < -0.3 is 19.3 Å². The highest BCUT2D eigenvalue weighted by molar-refractivity contribution is 5.94. The van der Waals surface area contributed by atoms with Crippen LogP contribution < -0.4 is 14.4 Å². The average Bonchev–Trinajstić information content (AvgIpc) is 2.89. The maximum Gasteiger partial charge on any atom is 0.257 e. The second-order valence-electron chi connectivity index (χ2n) is 8.51. The predicted octanol–water partition coefficient (Wildman–Crippen LogP) is 4.61. The van der Waals surface area contributed by atoms with Gasteiger partial charge in [0.1, 0.15) is 5.82 Å². The molecule has 3 heterocycles. The number of hydrogen-bond acceptors (Lipinski definition) is 6. The van der Waals surface area contributed by atoms with E-state index in [0.29, 0.717) is 36.3 Å². The van der Waals surface area contributed by atoms with Crippen molar-refractivity contribution in [1.82, 2.24) is 14.9 Å². The summed E-state index contributed by atoms with van der Waals surface area (Å²) in [7, 11) is 1.59. The first kappa shape index (κ1) is 22.1. The molecule has 0 saturated carbocycles. The summed E-state index contributed by atoms with van der Waals surface area (Å²) < 4.78 is 26.0. The summed E-state index contributed by atoms with van der Waals surface area (Å²) in [6.07, 6.45) is 3.96. The van der Waals surface area contributed by atoms with Crippen molar-refractivity contribution >= 4 is 11.9 Å². The first-order chi connectivity index (χ1) is 16.6. The number of fused-ring (bicyclic) bond motifs is 1. The molecule has 1 saturated heterocycles. The summed E-state index contributed by atoms with van der Waals surface area (Å²) in [5.41, 5.74) is 1.66. The van der Waals surface area contributed by atoms with Crippen LogP contribution in [-0.4, -0.2) is 47.5 Å². The summed E-state index contributed by atoms with van der Waals surface area (Å²) in [5.74, 6) is 1.29. The third-order valence-corrected chi connectivity index (χ3v) is 6.32. The molecule has 0 N–H and O–H groups in total. The minimum absolute atomic E-state index is 0.0593. The fraction of sp³-hybridized carbons (Fsp3) is 0.346. The number of anilines is 1. The van der Waals surface area contributed by atoms with E-state index in [1.54, 1.807) is 24.1 Å². The molecular formula is C26H27FN4O3. The molecule has 34 heavy (non-hydrogen) atoms. The summed E-state index contributed by atoms with van der Waals surface area (Å²) >= 11 is 0. The molecule has 3 aromatic rings. The summed E-state index contributed by atoms with van der Waals surface area (Å²) in [4.78, 5) is 26.6. The Morgan fingerprint density at radius 2 is 1.68 bits per heavy atom. The maximum absolute atomic E-state index is 14.3. The van der Waals surface area contributed by atoms with E-state index in [2.05, 4.69) is 4.90 Å². The second-order valence-corrected chi connectivity index (χ2v) is 8.51. The second kappa shape index (κ2) is 9.67. The number of piperidine rings is 1. The Labute approximate surface area is 198 Å². The monoisotopic (exact) mass is 462 g/mol. The Hall–Kier alpha value is -3.68. The van der Waals surface area contributed by atoms with Gasteiger partial charge in [0.05, 0.1) is 30.5 Å². The van der Waals surface area contributed by atoms with E-state index < -0.39 is 5.82 Å². The Balaban J connectivity index is 1.51. The van der Waals surface area contributed by atoms with E-state index in [1.165, 1.54) is 18.6 Å². The zero-order valence-corrected chi connectivity index (χ0v) is 19.2. The number of nitrogens with zero attached hydrogens (tertiary/aromatic N) is 4. The molecule has 1 amide bonds. The highest BCUT2D eigenvalue weighted by Crippen LogP contribution is 2.36. The molecule has 0 unspecified atom stereocenters. The lowest BCUT2D eigenvalue weighted by Gasteiger charge is -2.32. The van der Waals surface area contributed by atoms with E-state index in [1.807, 2.05) is 24.3 Å². The van der Waals surface area contributed by atoms with E-state index >= 15 is 0 Å². The van der Waals surface area contributed by atoms with E-state index in [-0.39, 0.29) is 18.0 Å². The molecule has 0 atom stereocenters. The molecule has 0 spiro atoms. The van der Waals surface area contributed by atoms with Crippen LogP contribution in [0, 0.1) is 5.82 Å². The lowest BCUT2D eigenvalue weighted by molar-refractivity contribution is 0.0727. The molecule has 2 aromatic carbocycles. The van der Waals surface area contributed by atoms with Crippen molar-refractivity contribution in [2.24, 2.45) is 0 Å². The fourth-order valence-electron chi connectivity index (χ4n) is 4.48. The molecule has 0 bridgehead atoms. The maximum atomic E-state index is 14.3. The number of amides is 1. The van der Waals surface area contributed by atoms with Gasteiger partial charge in [-0.15, -0.1) is 0 Å². The Morgan fingerprint density at radius 1 is 0.941 bits per heavy atom. The predicted molar refractivity (Wildman–Crippen MR) is 126 cm³/mol. The SMILES string of the molecule is COc1ccccc1Oc1nc(N2CCCCC2)nc2c1CN(C(=O)c1ccccc1F)CC2. The number of aromatic nitrogens is 2. The standard InChI is InChI=1S/C26H27FN4O3/c1-33-22-11-5-6-12-23(22)34-24-19-17-31(25(32)18-9-3-4-10-20(18)27)16-13-21(19)28-26(29-24)30-14-7-2-8-15-30/h3-6,9-12H,2,7-8,13-17H2,1H3. The van der Waals surface area contributed by atoms with Crippen molar-refractivity contribution in [3.05, 3.63) is 71.2 Å². The largest absolute Gasteiger partial charge is 0.493 e. The zero-order valence-electron chi connectivity index (χ0n) is 19.2. The number of carbonyl (C=O) groups excluding carboxylic acids is 1. The number of halogens is 1. The number of benzene rings is 2. The first-order valence-electron chi connectivity index (χ1n) is 11.6. The van der Waals surface area contributed by atoms with Crippen molar-refractivity contribution in [2.75, 3.05) is 31.6 Å². The van der Waals surface area contributed by atoms with Crippen LogP contribution in [0.1, 0.15) is 40.9 Å². The lowest BCUT2D eigenvalue weighted by atomic mass is 10.0. The summed E-state index contributed by atoms with van der Waals surface area (Å²) in [6, 6.07) is 13.4. The van der Waals surface area contributed by atoms with Crippen LogP contribution in [0.15, 0.2) is 48.5 Å². The van der Waals surface area contributed by atoms with Gasteiger partial charge in [-0.3, -0.25) is 4.79 Å². The van der Waals surface area contributed by atoms with Gasteiger partial charge in [-0.05, 0) is 43.5 Å². The van der Waals surface area contributed by atoms with Gasteiger partial charge >= 0.3 is 0 Å². The van der Waals surface area contributed by atoms with Gasteiger partial charge in [0, 0.05) is 26.1 Å². The van der Waals surface area contributed by atoms with Crippen molar-refractivity contribution in [2.45, 2.75) is 32.2 Å². The van der Waals surface area contributed by atoms with Crippen LogP contribution in [0.4, 0.5) is 10.3 Å². The highest BCUT2D eigenvalue weighted by Gasteiger charge is 2.29. The number of para-hydroxylation sites is 2. The zero-order chi connectivity index (χ0) is 23.5.